The van der Waals surface area contributed by atoms with Gasteiger partial charge in [0.15, 0.2) is 0 Å². The summed E-state index contributed by atoms with van der Waals surface area (Å²) in [5.74, 6) is -1.66. The minimum Gasteiger partial charge on any atom is -0.390 e. The van der Waals surface area contributed by atoms with E-state index in [1.54, 1.807) is 6.92 Å². The fraction of sp³-hybridized carbons (Fsp3) is 0.458. The average Bonchev–Trinajstić information content (AvgIpc) is 2.72. The first-order chi connectivity index (χ1) is 15.5. The number of aliphatic hydroxyl groups excluding tert-OH is 1. The van der Waals surface area contributed by atoms with E-state index in [0.29, 0.717) is 5.56 Å². The Morgan fingerprint density at radius 1 is 1.15 bits per heavy atom. The van der Waals surface area contributed by atoms with Crippen LogP contribution in [0.3, 0.4) is 0 Å². The Morgan fingerprint density at radius 2 is 1.82 bits per heavy atom. The predicted octanol–water partition coefficient (Wildman–Crippen LogP) is 3.92. The normalized spacial score (nSPS) is 22.2. The van der Waals surface area contributed by atoms with Gasteiger partial charge in [0.25, 0.3) is 0 Å². The Balaban J connectivity index is 1.80. The summed E-state index contributed by atoms with van der Waals surface area (Å²) in [5, 5.41) is 16.3. The van der Waals surface area contributed by atoms with Crippen LogP contribution in [0, 0.1) is 11.6 Å². The summed E-state index contributed by atoms with van der Waals surface area (Å²) in [6.45, 7) is 5.15. The van der Waals surface area contributed by atoms with E-state index >= 15 is 0 Å². The van der Waals surface area contributed by atoms with Crippen LogP contribution in [0.1, 0.15) is 49.1 Å². The average molecular weight is 483 g/mol. The van der Waals surface area contributed by atoms with E-state index in [1.807, 2.05) is 25.1 Å². The Morgan fingerprint density at radius 3 is 2.42 bits per heavy atom. The van der Waals surface area contributed by atoms with E-state index in [2.05, 4.69) is 10.6 Å². The molecule has 0 saturated carbocycles. The lowest BCUT2D eigenvalue weighted by atomic mass is 9.94. The molecule has 1 aliphatic heterocycles. The molecule has 4 unspecified atom stereocenters. The molecule has 0 spiro atoms. The maximum absolute atomic E-state index is 13.6. The standard InChI is InChI=1S/C24H32F2N2O4S/c1-4-16-5-6-18-13-33(31,32)14(2)24(21(18)9-16)27-12-23(30)22(28-15(3)29)10-17-7-19(25)11-20(26)8-17/h5-9,11,14,22-24,27,30-32H,4,10,12-13H2,1-3H3,(H,28,29). The fourth-order valence-electron chi connectivity index (χ4n) is 4.31. The Hall–Kier alpha value is -2.04. The third-order valence-electron chi connectivity index (χ3n) is 6.16. The lowest BCUT2D eigenvalue weighted by Gasteiger charge is -2.47. The lowest BCUT2D eigenvalue weighted by molar-refractivity contribution is -0.120. The van der Waals surface area contributed by atoms with Crippen LogP contribution in [0.2, 0.25) is 0 Å². The second-order valence-corrected chi connectivity index (χ2v) is 11.2. The zero-order valence-electron chi connectivity index (χ0n) is 19.0. The first-order valence-corrected chi connectivity index (χ1v) is 12.8. The van der Waals surface area contributed by atoms with Crippen molar-refractivity contribution in [1.29, 1.82) is 0 Å². The molecule has 1 amide bonds. The van der Waals surface area contributed by atoms with E-state index in [-0.39, 0.29) is 24.6 Å². The molecular weight excluding hydrogens is 450 g/mol. The van der Waals surface area contributed by atoms with Crippen molar-refractivity contribution in [2.24, 2.45) is 0 Å². The van der Waals surface area contributed by atoms with Gasteiger partial charge in [-0.25, -0.2) is 8.78 Å². The summed E-state index contributed by atoms with van der Waals surface area (Å²) in [6, 6.07) is 7.82. The molecule has 6 nitrogen and oxygen atoms in total. The summed E-state index contributed by atoms with van der Waals surface area (Å²) in [6.07, 6.45) is -0.223. The van der Waals surface area contributed by atoms with Crippen molar-refractivity contribution < 1.29 is 27.8 Å². The number of nitrogens with one attached hydrogen (secondary N) is 2. The van der Waals surface area contributed by atoms with Gasteiger partial charge in [-0.3, -0.25) is 13.9 Å². The summed E-state index contributed by atoms with van der Waals surface area (Å²) >= 11 is 0. The summed E-state index contributed by atoms with van der Waals surface area (Å²) in [4.78, 5) is 11.7. The molecule has 1 heterocycles. The Kier molecular flexibility index (Phi) is 8.13. The van der Waals surface area contributed by atoms with Gasteiger partial charge in [-0.15, -0.1) is 0 Å². The Bertz CT molecular complexity index is 984. The number of hydrogen-bond donors (Lipinski definition) is 5. The van der Waals surface area contributed by atoms with Crippen molar-refractivity contribution >= 4 is 16.5 Å². The quantitative estimate of drug-likeness (QED) is 0.393. The zero-order chi connectivity index (χ0) is 24.3. The van der Waals surface area contributed by atoms with Gasteiger partial charge in [0, 0.05) is 19.5 Å². The number of amides is 1. The number of fused-ring (bicyclic) bond motifs is 1. The molecule has 0 bridgehead atoms. The second-order valence-electron chi connectivity index (χ2n) is 8.70. The molecule has 5 N–H and O–H groups in total. The maximum atomic E-state index is 13.6. The number of aliphatic hydroxyl groups is 1. The van der Waals surface area contributed by atoms with Crippen LogP contribution < -0.4 is 10.6 Å². The van der Waals surface area contributed by atoms with Crippen molar-refractivity contribution in [1.82, 2.24) is 10.6 Å². The molecular formula is C24H32F2N2O4S. The van der Waals surface area contributed by atoms with Crippen LogP contribution in [-0.4, -0.2) is 44.1 Å². The number of halogens is 2. The van der Waals surface area contributed by atoms with Crippen LogP contribution >= 0.6 is 10.6 Å². The summed E-state index contributed by atoms with van der Waals surface area (Å²) in [7, 11) is -2.89. The topological polar surface area (TPSA) is 102 Å². The van der Waals surface area contributed by atoms with E-state index in [0.717, 1.165) is 29.2 Å². The van der Waals surface area contributed by atoms with Gasteiger partial charge in [-0.05, 0) is 54.2 Å². The van der Waals surface area contributed by atoms with E-state index in [1.165, 1.54) is 19.1 Å². The number of carbonyl (C=O) groups excluding carboxylic acids is 1. The van der Waals surface area contributed by atoms with E-state index < -0.39 is 45.7 Å². The number of aryl methyl sites for hydroxylation is 1. The summed E-state index contributed by atoms with van der Waals surface area (Å²) < 4.78 is 48.5. The summed E-state index contributed by atoms with van der Waals surface area (Å²) in [5.41, 5.74) is 3.24. The highest BCUT2D eigenvalue weighted by atomic mass is 32.3. The molecule has 0 fully saturated rings. The molecule has 0 aliphatic carbocycles. The van der Waals surface area contributed by atoms with Gasteiger partial charge in [0.1, 0.15) is 11.6 Å². The van der Waals surface area contributed by atoms with E-state index in [4.69, 9.17) is 0 Å². The number of hydrogen-bond acceptors (Lipinski definition) is 5. The minimum absolute atomic E-state index is 0.0308. The van der Waals surface area contributed by atoms with Crippen LogP contribution in [0.15, 0.2) is 36.4 Å². The molecule has 0 saturated heterocycles. The van der Waals surface area contributed by atoms with Gasteiger partial charge in [-0.1, -0.05) is 25.1 Å². The number of rotatable bonds is 8. The van der Waals surface area contributed by atoms with Crippen molar-refractivity contribution in [2.45, 2.75) is 62.8 Å². The van der Waals surface area contributed by atoms with Crippen LogP contribution in [-0.2, 0) is 23.4 Å². The highest BCUT2D eigenvalue weighted by Crippen LogP contribution is 2.56. The highest BCUT2D eigenvalue weighted by molar-refractivity contribution is 8.24. The van der Waals surface area contributed by atoms with Crippen LogP contribution in [0.25, 0.3) is 0 Å². The maximum Gasteiger partial charge on any atom is 0.217 e. The van der Waals surface area contributed by atoms with Crippen molar-refractivity contribution in [3.8, 4) is 0 Å². The molecule has 3 rings (SSSR count). The third kappa shape index (κ3) is 6.30. The van der Waals surface area contributed by atoms with Gasteiger partial charge in [0.05, 0.1) is 29.2 Å². The number of carbonyl (C=O) groups is 1. The smallest absolute Gasteiger partial charge is 0.217 e. The van der Waals surface area contributed by atoms with Crippen molar-refractivity contribution in [3.63, 3.8) is 0 Å². The zero-order valence-corrected chi connectivity index (χ0v) is 19.8. The van der Waals surface area contributed by atoms with E-state index in [9.17, 15) is 27.8 Å². The van der Waals surface area contributed by atoms with Crippen LogP contribution in [0.4, 0.5) is 8.78 Å². The molecule has 2 aromatic carbocycles. The molecule has 182 valence electrons. The van der Waals surface area contributed by atoms with Gasteiger partial charge in [0.2, 0.25) is 5.91 Å². The van der Waals surface area contributed by atoms with Gasteiger partial charge >= 0.3 is 0 Å². The molecule has 9 heteroatoms. The van der Waals surface area contributed by atoms with Gasteiger partial charge in [-0.2, -0.15) is 10.6 Å². The minimum atomic E-state index is -2.89. The lowest BCUT2D eigenvalue weighted by Crippen LogP contribution is -2.50. The fourth-order valence-corrected chi connectivity index (χ4v) is 5.97. The third-order valence-corrected chi connectivity index (χ3v) is 8.36. The molecule has 2 aromatic rings. The largest absolute Gasteiger partial charge is 0.390 e. The first-order valence-electron chi connectivity index (χ1n) is 11.0. The predicted molar refractivity (Wildman–Crippen MR) is 126 cm³/mol. The van der Waals surface area contributed by atoms with Crippen LogP contribution in [0.5, 0.6) is 0 Å². The molecule has 1 aliphatic rings. The second kappa shape index (κ2) is 10.5. The molecule has 0 aromatic heterocycles. The monoisotopic (exact) mass is 482 g/mol. The molecule has 33 heavy (non-hydrogen) atoms. The molecule has 0 radical (unpaired) electrons. The highest BCUT2D eigenvalue weighted by Gasteiger charge is 2.37. The van der Waals surface area contributed by atoms with Crippen molar-refractivity contribution in [2.75, 3.05) is 6.54 Å². The molecule has 4 atom stereocenters. The first kappa shape index (κ1) is 25.6. The van der Waals surface area contributed by atoms with Gasteiger partial charge < -0.3 is 15.7 Å². The Labute approximate surface area is 194 Å². The van der Waals surface area contributed by atoms with Crippen molar-refractivity contribution in [3.05, 3.63) is 70.3 Å². The SMILES string of the molecule is CCc1ccc2c(c1)C(NCC(O)C(Cc1cc(F)cc(F)c1)NC(C)=O)C(C)S(O)(O)C2. The number of benzene rings is 2.